The molecule has 2 amide bonds. The van der Waals surface area contributed by atoms with E-state index >= 15 is 0 Å². The van der Waals surface area contributed by atoms with E-state index < -0.39 is 0 Å². The van der Waals surface area contributed by atoms with Gasteiger partial charge in [-0.15, -0.1) is 0 Å². The lowest BCUT2D eigenvalue weighted by atomic mass is 10.2. The van der Waals surface area contributed by atoms with Crippen molar-refractivity contribution >= 4 is 23.4 Å². The van der Waals surface area contributed by atoms with Gasteiger partial charge in [0.05, 0.1) is 13.1 Å². The Hall–Kier alpha value is -2.27. The molecule has 1 fully saturated rings. The minimum absolute atomic E-state index is 0.00175. The molecule has 3 rings (SSSR count). The maximum atomic E-state index is 13.3. The number of carbonyl (C=O) groups excluding carboxylic acids is 2. The maximum absolute atomic E-state index is 13.3. The van der Waals surface area contributed by atoms with Crippen molar-refractivity contribution < 1.29 is 9.59 Å². The monoisotopic (exact) mass is 443 g/mol. The Morgan fingerprint density at radius 3 is 2.42 bits per heavy atom. The molecule has 0 saturated heterocycles. The van der Waals surface area contributed by atoms with Crippen molar-refractivity contribution in [2.75, 3.05) is 13.1 Å². The average molecular weight is 444 g/mol. The summed E-state index contributed by atoms with van der Waals surface area (Å²) in [6, 6.07) is 11.9. The third-order valence-corrected chi connectivity index (χ3v) is 6.02. The van der Waals surface area contributed by atoms with Gasteiger partial charge in [0, 0.05) is 42.0 Å². The first-order valence-corrected chi connectivity index (χ1v) is 11.6. The average Bonchev–Trinajstić information content (AvgIpc) is 3.47. The molecule has 31 heavy (non-hydrogen) atoms. The quantitative estimate of drug-likeness (QED) is 0.528. The second-order valence-electron chi connectivity index (χ2n) is 9.22. The van der Waals surface area contributed by atoms with E-state index in [4.69, 9.17) is 11.6 Å². The second kappa shape index (κ2) is 10.4. The third-order valence-electron chi connectivity index (χ3n) is 5.65. The van der Waals surface area contributed by atoms with E-state index in [1.54, 1.807) is 4.90 Å². The number of aromatic nitrogens is 1. The Balaban J connectivity index is 1.74. The van der Waals surface area contributed by atoms with Crippen LogP contribution in [0.3, 0.4) is 0 Å². The zero-order valence-electron chi connectivity index (χ0n) is 19.1. The number of halogens is 1. The fourth-order valence-electron chi connectivity index (χ4n) is 3.77. The van der Waals surface area contributed by atoms with Gasteiger partial charge >= 0.3 is 0 Å². The normalized spacial score (nSPS) is 13.6. The van der Waals surface area contributed by atoms with E-state index in [1.165, 1.54) is 0 Å². The molecule has 1 aromatic heterocycles. The number of amides is 2. The molecule has 5 nitrogen and oxygen atoms in total. The van der Waals surface area contributed by atoms with Crippen LogP contribution in [0.2, 0.25) is 5.02 Å². The summed E-state index contributed by atoms with van der Waals surface area (Å²) in [5.74, 6) is 0.570. The summed E-state index contributed by atoms with van der Waals surface area (Å²) in [6.07, 6.45) is 3.91. The van der Waals surface area contributed by atoms with Crippen molar-refractivity contribution in [2.24, 2.45) is 11.8 Å². The Morgan fingerprint density at radius 2 is 1.81 bits per heavy atom. The molecule has 1 aliphatic rings. The van der Waals surface area contributed by atoms with E-state index in [2.05, 4.69) is 18.4 Å². The van der Waals surface area contributed by atoms with Crippen LogP contribution in [0.25, 0.3) is 0 Å². The Morgan fingerprint density at radius 1 is 1.10 bits per heavy atom. The highest BCUT2D eigenvalue weighted by Crippen LogP contribution is 2.31. The molecule has 0 radical (unpaired) electrons. The molecule has 0 N–H and O–H groups in total. The van der Waals surface area contributed by atoms with E-state index in [0.29, 0.717) is 25.6 Å². The molecule has 1 saturated carbocycles. The Kier molecular flexibility index (Phi) is 7.82. The first-order chi connectivity index (χ1) is 14.8. The van der Waals surface area contributed by atoms with Crippen LogP contribution in [0.15, 0.2) is 42.6 Å². The van der Waals surface area contributed by atoms with Gasteiger partial charge in [-0.3, -0.25) is 9.59 Å². The standard InChI is InChI=1S/C25H34ClN3O2/c1-18(2)14-28(24(30)17-29(19(3)4)25(31)20-11-12-20)16-22-9-7-13-27(22)15-21-8-5-6-10-23(21)26/h5-10,13,18-20H,11-12,14-17H2,1-4H3. The van der Waals surface area contributed by atoms with Crippen molar-refractivity contribution in [1.82, 2.24) is 14.4 Å². The smallest absolute Gasteiger partial charge is 0.242 e. The van der Waals surface area contributed by atoms with E-state index in [0.717, 1.165) is 29.1 Å². The summed E-state index contributed by atoms with van der Waals surface area (Å²) >= 11 is 6.35. The summed E-state index contributed by atoms with van der Waals surface area (Å²) in [6.45, 7) is 10.1. The summed E-state index contributed by atoms with van der Waals surface area (Å²) < 4.78 is 2.14. The topological polar surface area (TPSA) is 45.6 Å². The fourth-order valence-corrected chi connectivity index (χ4v) is 3.97. The fraction of sp³-hybridized carbons (Fsp3) is 0.520. The van der Waals surface area contributed by atoms with Crippen LogP contribution in [-0.4, -0.2) is 45.3 Å². The maximum Gasteiger partial charge on any atom is 0.242 e. The molecule has 0 aliphatic heterocycles. The number of carbonyl (C=O) groups is 2. The minimum atomic E-state index is 0.00175. The molecule has 2 aromatic rings. The summed E-state index contributed by atoms with van der Waals surface area (Å²) in [4.78, 5) is 29.6. The van der Waals surface area contributed by atoms with Crippen LogP contribution >= 0.6 is 11.6 Å². The first kappa shape index (κ1) is 23.4. The lowest BCUT2D eigenvalue weighted by Gasteiger charge is -2.31. The van der Waals surface area contributed by atoms with Crippen molar-refractivity contribution in [1.29, 1.82) is 0 Å². The molecule has 0 atom stereocenters. The largest absolute Gasteiger partial charge is 0.345 e. The van der Waals surface area contributed by atoms with Crippen LogP contribution < -0.4 is 0 Å². The predicted molar refractivity (Wildman–Crippen MR) is 125 cm³/mol. The molecule has 0 bridgehead atoms. The van der Waals surface area contributed by atoms with Gasteiger partial charge in [-0.1, -0.05) is 43.6 Å². The van der Waals surface area contributed by atoms with Crippen LogP contribution in [0.4, 0.5) is 0 Å². The molecular formula is C25H34ClN3O2. The van der Waals surface area contributed by atoms with Gasteiger partial charge < -0.3 is 14.4 Å². The molecule has 1 aromatic carbocycles. The lowest BCUT2D eigenvalue weighted by molar-refractivity contribution is -0.143. The van der Waals surface area contributed by atoms with Crippen molar-refractivity contribution in [3.05, 3.63) is 58.9 Å². The second-order valence-corrected chi connectivity index (χ2v) is 9.63. The first-order valence-electron chi connectivity index (χ1n) is 11.2. The molecule has 0 spiro atoms. The van der Waals surface area contributed by atoms with Gasteiger partial charge in [-0.05, 0) is 56.4 Å². The van der Waals surface area contributed by atoms with E-state index in [1.807, 2.05) is 61.3 Å². The number of hydrogen-bond donors (Lipinski definition) is 0. The van der Waals surface area contributed by atoms with Crippen LogP contribution in [0.5, 0.6) is 0 Å². The molecule has 0 unspecified atom stereocenters. The highest BCUT2D eigenvalue weighted by molar-refractivity contribution is 6.31. The Bertz CT molecular complexity index is 902. The van der Waals surface area contributed by atoms with E-state index in [9.17, 15) is 9.59 Å². The highest BCUT2D eigenvalue weighted by atomic mass is 35.5. The third kappa shape index (κ3) is 6.36. The number of benzene rings is 1. The number of nitrogens with zero attached hydrogens (tertiary/aromatic N) is 3. The number of hydrogen-bond acceptors (Lipinski definition) is 2. The van der Waals surface area contributed by atoms with Gasteiger partial charge in [-0.2, -0.15) is 0 Å². The van der Waals surface area contributed by atoms with Gasteiger partial charge in [0.1, 0.15) is 0 Å². The molecule has 6 heteroatoms. The van der Waals surface area contributed by atoms with Crippen LogP contribution in [-0.2, 0) is 22.7 Å². The van der Waals surface area contributed by atoms with Crippen molar-refractivity contribution in [2.45, 2.75) is 59.7 Å². The van der Waals surface area contributed by atoms with Crippen LogP contribution in [0.1, 0.15) is 51.8 Å². The van der Waals surface area contributed by atoms with Crippen molar-refractivity contribution in [3.8, 4) is 0 Å². The van der Waals surface area contributed by atoms with Crippen molar-refractivity contribution in [3.63, 3.8) is 0 Å². The van der Waals surface area contributed by atoms with Gasteiger partial charge in [0.2, 0.25) is 11.8 Å². The van der Waals surface area contributed by atoms with E-state index in [-0.39, 0.29) is 30.3 Å². The molecule has 1 heterocycles. The van der Waals surface area contributed by atoms with Gasteiger partial charge in [0.25, 0.3) is 0 Å². The number of rotatable bonds is 10. The SMILES string of the molecule is CC(C)CN(Cc1cccn1Cc1ccccc1Cl)C(=O)CN(C(=O)C1CC1)C(C)C. The summed E-state index contributed by atoms with van der Waals surface area (Å²) in [5.41, 5.74) is 2.10. The predicted octanol–water partition coefficient (Wildman–Crippen LogP) is 4.82. The Labute approximate surface area is 191 Å². The molecular weight excluding hydrogens is 410 g/mol. The lowest BCUT2D eigenvalue weighted by Crippen LogP contribution is -2.47. The van der Waals surface area contributed by atoms with Gasteiger partial charge in [0.15, 0.2) is 0 Å². The molecule has 1 aliphatic carbocycles. The van der Waals surface area contributed by atoms with Crippen LogP contribution in [0, 0.1) is 11.8 Å². The molecule has 168 valence electrons. The zero-order valence-corrected chi connectivity index (χ0v) is 19.8. The van der Waals surface area contributed by atoms with Gasteiger partial charge in [-0.25, -0.2) is 0 Å². The minimum Gasteiger partial charge on any atom is -0.345 e. The highest BCUT2D eigenvalue weighted by Gasteiger charge is 2.35. The zero-order chi connectivity index (χ0) is 22.5. The summed E-state index contributed by atoms with van der Waals surface area (Å²) in [7, 11) is 0. The summed E-state index contributed by atoms with van der Waals surface area (Å²) in [5, 5.41) is 0.739.